The Balaban J connectivity index is 0.000000514. The van der Waals surface area contributed by atoms with Crippen molar-refractivity contribution >= 4 is 10.9 Å². The van der Waals surface area contributed by atoms with Crippen molar-refractivity contribution in [2.75, 3.05) is 6.61 Å². The summed E-state index contributed by atoms with van der Waals surface area (Å²) in [5.41, 5.74) is 4.98. The summed E-state index contributed by atoms with van der Waals surface area (Å²) in [6, 6.07) is 4.23. The lowest BCUT2D eigenvalue weighted by molar-refractivity contribution is 0.318. The molecular formula is C15H19NO. The molecule has 1 aliphatic rings. The fourth-order valence-corrected chi connectivity index (χ4v) is 2.22. The van der Waals surface area contributed by atoms with Crippen LogP contribution in [0.5, 0.6) is 5.75 Å². The molecule has 2 aromatic rings. The normalized spacial score (nSPS) is 12.7. The Morgan fingerprint density at radius 2 is 2.00 bits per heavy atom. The molecule has 3 rings (SSSR count). The van der Waals surface area contributed by atoms with E-state index >= 15 is 0 Å². The minimum Gasteiger partial charge on any atom is -0.493 e. The van der Waals surface area contributed by atoms with Crippen LogP contribution < -0.4 is 4.74 Å². The summed E-state index contributed by atoms with van der Waals surface area (Å²) in [6.45, 7) is 9.02. The molecule has 0 saturated carbocycles. The molecule has 0 atom stereocenters. The Morgan fingerprint density at radius 1 is 1.24 bits per heavy atom. The number of hydrogen-bond donors (Lipinski definition) is 0. The molecule has 2 heteroatoms. The quantitative estimate of drug-likeness (QED) is 0.685. The van der Waals surface area contributed by atoms with Gasteiger partial charge in [0.15, 0.2) is 0 Å². The second-order valence-corrected chi connectivity index (χ2v) is 4.11. The highest BCUT2D eigenvalue weighted by Crippen LogP contribution is 2.34. The third-order valence-corrected chi connectivity index (χ3v) is 3.21. The van der Waals surface area contributed by atoms with Gasteiger partial charge in [-0.2, -0.15) is 0 Å². The third-order valence-electron chi connectivity index (χ3n) is 3.21. The van der Waals surface area contributed by atoms with E-state index in [9.17, 15) is 0 Å². The first-order valence-electron chi connectivity index (χ1n) is 6.28. The molecule has 90 valence electrons. The van der Waals surface area contributed by atoms with Crippen LogP contribution in [0.15, 0.2) is 18.3 Å². The molecule has 0 unspecified atom stereocenters. The molecule has 2 nitrogen and oxygen atoms in total. The van der Waals surface area contributed by atoms with Gasteiger partial charge < -0.3 is 4.74 Å². The van der Waals surface area contributed by atoms with Gasteiger partial charge in [0.2, 0.25) is 0 Å². The molecule has 1 aromatic heterocycles. The van der Waals surface area contributed by atoms with Gasteiger partial charge in [0, 0.05) is 18.0 Å². The van der Waals surface area contributed by atoms with Crippen LogP contribution >= 0.6 is 0 Å². The van der Waals surface area contributed by atoms with Crippen LogP contribution in [0.3, 0.4) is 0 Å². The summed E-state index contributed by atoms with van der Waals surface area (Å²) < 4.78 is 5.69. The average Bonchev–Trinajstić information content (AvgIpc) is 2.38. The van der Waals surface area contributed by atoms with Crippen molar-refractivity contribution in [2.24, 2.45) is 0 Å². The molecule has 1 aliphatic heterocycles. The maximum absolute atomic E-state index is 5.69. The van der Waals surface area contributed by atoms with Crippen molar-refractivity contribution in [3.63, 3.8) is 0 Å². The van der Waals surface area contributed by atoms with Gasteiger partial charge >= 0.3 is 0 Å². The average molecular weight is 229 g/mol. The number of benzene rings is 1. The minimum atomic E-state index is 0.786. The van der Waals surface area contributed by atoms with Crippen molar-refractivity contribution in [1.29, 1.82) is 0 Å². The number of ether oxygens (including phenoxy) is 1. The lowest BCUT2D eigenvalue weighted by atomic mass is 9.98. The predicted octanol–water partition coefficient (Wildman–Crippen LogP) is 3.81. The summed E-state index contributed by atoms with van der Waals surface area (Å²) in [5, 5.41) is 1.21. The van der Waals surface area contributed by atoms with Crippen LogP contribution in [0, 0.1) is 13.8 Å². The lowest BCUT2D eigenvalue weighted by Crippen LogP contribution is -2.09. The zero-order chi connectivity index (χ0) is 12.4. The Bertz CT molecular complexity index is 546. The van der Waals surface area contributed by atoms with Gasteiger partial charge in [-0.1, -0.05) is 13.8 Å². The van der Waals surface area contributed by atoms with Crippen molar-refractivity contribution in [3.8, 4) is 5.75 Å². The van der Waals surface area contributed by atoms with E-state index in [1.807, 2.05) is 20.0 Å². The van der Waals surface area contributed by atoms with E-state index < -0.39 is 0 Å². The first-order chi connectivity index (χ1) is 8.27. The van der Waals surface area contributed by atoms with Gasteiger partial charge in [-0.3, -0.25) is 4.98 Å². The SMILES string of the molecule is CC.Cc1cc2c3c(ccnc3c1C)CCO2. The molecule has 1 aromatic carbocycles. The minimum absolute atomic E-state index is 0.786. The molecule has 0 N–H and O–H groups in total. The Hall–Kier alpha value is -1.57. The standard InChI is InChI=1S/C13H13NO.C2H6/c1-8-7-11-12-10(4-6-15-11)3-5-14-13(12)9(8)2;1-2/h3,5,7H,4,6H2,1-2H3;1-2H3. The highest BCUT2D eigenvalue weighted by molar-refractivity contribution is 5.92. The summed E-state index contributed by atoms with van der Waals surface area (Å²) in [4.78, 5) is 4.46. The number of rotatable bonds is 0. The summed E-state index contributed by atoms with van der Waals surface area (Å²) in [6.07, 6.45) is 2.90. The molecule has 2 heterocycles. The first kappa shape index (κ1) is 11.9. The maximum Gasteiger partial charge on any atom is 0.129 e. The maximum atomic E-state index is 5.69. The topological polar surface area (TPSA) is 22.1 Å². The second-order valence-electron chi connectivity index (χ2n) is 4.11. The molecular weight excluding hydrogens is 210 g/mol. The smallest absolute Gasteiger partial charge is 0.129 e. The van der Waals surface area contributed by atoms with E-state index in [-0.39, 0.29) is 0 Å². The Labute approximate surface area is 103 Å². The van der Waals surface area contributed by atoms with Crippen molar-refractivity contribution in [1.82, 2.24) is 4.98 Å². The zero-order valence-corrected chi connectivity index (χ0v) is 11.0. The van der Waals surface area contributed by atoms with E-state index in [0.29, 0.717) is 0 Å². The van der Waals surface area contributed by atoms with E-state index in [4.69, 9.17) is 4.74 Å². The molecule has 0 spiro atoms. The fourth-order valence-electron chi connectivity index (χ4n) is 2.22. The van der Waals surface area contributed by atoms with Gasteiger partial charge in [-0.05, 0) is 42.7 Å². The molecule has 0 saturated heterocycles. The number of hydrogen-bond acceptors (Lipinski definition) is 2. The monoisotopic (exact) mass is 229 g/mol. The van der Waals surface area contributed by atoms with Gasteiger partial charge in [-0.15, -0.1) is 0 Å². The van der Waals surface area contributed by atoms with Crippen molar-refractivity contribution in [2.45, 2.75) is 34.1 Å². The van der Waals surface area contributed by atoms with Crippen LogP contribution in [-0.2, 0) is 6.42 Å². The van der Waals surface area contributed by atoms with E-state index in [0.717, 1.165) is 24.3 Å². The van der Waals surface area contributed by atoms with Gasteiger partial charge in [0.25, 0.3) is 0 Å². The third kappa shape index (κ3) is 1.88. The van der Waals surface area contributed by atoms with E-state index in [1.54, 1.807) is 0 Å². The van der Waals surface area contributed by atoms with Crippen molar-refractivity contribution < 1.29 is 4.74 Å². The van der Waals surface area contributed by atoms with E-state index in [1.165, 1.54) is 22.1 Å². The number of aromatic nitrogens is 1. The number of aryl methyl sites for hydroxylation is 2. The number of nitrogens with zero attached hydrogens (tertiary/aromatic N) is 1. The summed E-state index contributed by atoms with van der Waals surface area (Å²) in [5.74, 6) is 1.00. The lowest BCUT2D eigenvalue weighted by Gasteiger charge is -2.19. The molecule has 0 aliphatic carbocycles. The Morgan fingerprint density at radius 3 is 2.76 bits per heavy atom. The van der Waals surface area contributed by atoms with Crippen molar-refractivity contribution in [3.05, 3.63) is 35.0 Å². The van der Waals surface area contributed by atoms with Gasteiger partial charge in [0.1, 0.15) is 5.75 Å². The predicted molar refractivity (Wildman–Crippen MR) is 71.8 cm³/mol. The van der Waals surface area contributed by atoms with Crippen LogP contribution in [0.25, 0.3) is 10.9 Å². The first-order valence-corrected chi connectivity index (χ1v) is 6.28. The van der Waals surface area contributed by atoms with Crippen LogP contribution in [0.1, 0.15) is 30.5 Å². The largest absolute Gasteiger partial charge is 0.493 e. The highest BCUT2D eigenvalue weighted by atomic mass is 16.5. The highest BCUT2D eigenvalue weighted by Gasteiger charge is 2.16. The molecule has 0 fully saturated rings. The molecule has 0 amide bonds. The fraction of sp³-hybridized carbons (Fsp3) is 0.400. The van der Waals surface area contributed by atoms with Crippen LogP contribution in [-0.4, -0.2) is 11.6 Å². The van der Waals surface area contributed by atoms with Crippen LogP contribution in [0.2, 0.25) is 0 Å². The van der Waals surface area contributed by atoms with E-state index in [2.05, 4.69) is 31.0 Å². The second kappa shape index (κ2) is 4.74. The molecule has 17 heavy (non-hydrogen) atoms. The van der Waals surface area contributed by atoms with Gasteiger partial charge in [-0.25, -0.2) is 0 Å². The molecule has 0 radical (unpaired) electrons. The summed E-state index contributed by atoms with van der Waals surface area (Å²) in [7, 11) is 0. The Kier molecular flexibility index (Phi) is 3.32. The molecule has 0 bridgehead atoms. The summed E-state index contributed by atoms with van der Waals surface area (Å²) >= 11 is 0. The van der Waals surface area contributed by atoms with Crippen LogP contribution in [0.4, 0.5) is 0 Å². The van der Waals surface area contributed by atoms with Gasteiger partial charge in [0.05, 0.1) is 12.1 Å². The zero-order valence-electron chi connectivity index (χ0n) is 11.0. The number of pyridine rings is 1.